The van der Waals surface area contributed by atoms with Gasteiger partial charge in [0.1, 0.15) is 0 Å². The number of rotatable bonds is 2. The van der Waals surface area contributed by atoms with Crippen LogP contribution >= 0.6 is 0 Å². The Morgan fingerprint density at radius 1 is 1.09 bits per heavy atom. The molecule has 0 aliphatic rings. The molecule has 4 aromatic rings. The van der Waals surface area contributed by atoms with Gasteiger partial charge in [-0.25, -0.2) is 0 Å². The molecule has 4 rings (SSSR count). The molecule has 1 aromatic carbocycles. The lowest BCUT2D eigenvalue weighted by atomic mass is 9.98. The van der Waals surface area contributed by atoms with Crippen molar-refractivity contribution in [3.8, 4) is 11.3 Å². The third-order valence-electron chi connectivity index (χ3n) is 4.39. The summed E-state index contributed by atoms with van der Waals surface area (Å²) >= 11 is 0. The molecule has 0 aliphatic heterocycles. The summed E-state index contributed by atoms with van der Waals surface area (Å²) in [6.07, 6.45) is 3.77. The van der Waals surface area contributed by atoms with Gasteiger partial charge in [-0.1, -0.05) is 19.9 Å². The zero-order valence-electron chi connectivity index (χ0n) is 13.6. The maximum Gasteiger partial charge on any atom is 0.379 e. The van der Waals surface area contributed by atoms with Gasteiger partial charge in [-0.2, -0.15) is 4.98 Å². The molecule has 3 heterocycles. The van der Waals surface area contributed by atoms with Crippen LogP contribution in [0.25, 0.3) is 33.3 Å². The zero-order chi connectivity index (χ0) is 16.0. The molecule has 0 atom stereocenters. The molecule has 0 unspecified atom stereocenters. The number of H-pyrrole nitrogens is 1. The van der Waals surface area contributed by atoms with Crippen molar-refractivity contribution < 1.29 is 9.40 Å². The van der Waals surface area contributed by atoms with E-state index >= 15 is 0 Å². The highest BCUT2D eigenvalue weighted by Crippen LogP contribution is 2.36. The fourth-order valence-corrected chi connectivity index (χ4v) is 3.08. The van der Waals surface area contributed by atoms with E-state index in [4.69, 9.17) is 4.42 Å². The van der Waals surface area contributed by atoms with Gasteiger partial charge in [-0.3, -0.25) is 4.98 Å². The quantitative estimate of drug-likeness (QED) is 0.528. The van der Waals surface area contributed by atoms with Gasteiger partial charge >= 0.3 is 5.71 Å². The van der Waals surface area contributed by atoms with Gasteiger partial charge in [-0.05, 0) is 48.2 Å². The van der Waals surface area contributed by atoms with E-state index in [1.54, 1.807) is 0 Å². The molecule has 0 amide bonds. The number of hydrogen-bond donors (Lipinski definition) is 0. The zero-order valence-corrected chi connectivity index (χ0v) is 13.6. The number of nitrogens with one attached hydrogen (secondary N) is 1. The van der Waals surface area contributed by atoms with E-state index in [1.807, 2.05) is 18.5 Å². The minimum absolute atomic E-state index is 0.472. The first kappa shape index (κ1) is 13.9. The Morgan fingerprint density at radius 3 is 2.78 bits per heavy atom. The average Bonchev–Trinajstić information content (AvgIpc) is 2.93. The SMILES string of the molecule is Cc1ccc2c(oc3[nH+]cccc32)c1-c1cc(C(C)C)ccn1. The highest BCUT2D eigenvalue weighted by atomic mass is 16.3. The van der Waals surface area contributed by atoms with E-state index in [9.17, 15) is 0 Å². The van der Waals surface area contributed by atoms with E-state index in [0.717, 1.165) is 33.3 Å². The van der Waals surface area contributed by atoms with Crippen molar-refractivity contribution >= 4 is 22.1 Å². The van der Waals surface area contributed by atoms with E-state index in [-0.39, 0.29) is 0 Å². The second kappa shape index (κ2) is 5.20. The monoisotopic (exact) mass is 303 g/mol. The van der Waals surface area contributed by atoms with Crippen LogP contribution in [0.1, 0.15) is 30.9 Å². The second-order valence-corrected chi connectivity index (χ2v) is 6.28. The Bertz CT molecular complexity index is 1010. The predicted molar refractivity (Wildman–Crippen MR) is 92.3 cm³/mol. The van der Waals surface area contributed by atoms with Crippen molar-refractivity contribution in [1.29, 1.82) is 0 Å². The summed E-state index contributed by atoms with van der Waals surface area (Å²) in [4.78, 5) is 7.78. The Balaban J connectivity index is 2.06. The molecule has 3 aromatic heterocycles. The number of benzene rings is 1. The van der Waals surface area contributed by atoms with Crippen molar-refractivity contribution in [2.24, 2.45) is 0 Å². The highest BCUT2D eigenvalue weighted by Gasteiger charge is 2.18. The number of pyridine rings is 2. The van der Waals surface area contributed by atoms with Gasteiger partial charge < -0.3 is 4.42 Å². The maximum atomic E-state index is 6.12. The molecule has 1 N–H and O–H groups in total. The van der Waals surface area contributed by atoms with Crippen LogP contribution in [0.3, 0.4) is 0 Å². The summed E-state index contributed by atoms with van der Waals surface area (Å²) in [7, 11) is 0. The normalized spacial score (nSPS) is 11.7. The standard InChI is InChI=1S/C20H18N2O/c1-12(2)14-8-10-21-17(11-14)18-13(3)6-7-15-16-5-4-9-22-20(16)23-19(15)18/h4-12H,1-3H3/p+1. The summed E-state index contributed by atoms with van der Waals surface area (Å²) in [5.74, 6) is 0.472. The Morgan fingerprint density at radius 2 is 1.96 bits per heavy atom. The predicted octanol–water partition coefficient (Wildman–Crippen LogP) is 4.89. The molecule has 0 aliphatic carbocycles. The molecule has 114 valence electrons. The highest BCUT2D eigenvalue weighted by molar-refractivity contribution is 6.08. The summed E-state index contributed by atoms with van der Waals surface area (Å²) in [5, 5.41) is 2.22. The number of nitrogens with zero attached hydrogens (tertiary/aromatic N) is 1. The van der Waals surface area contributed by atoms with E-state index in [1.165, 1.54) is 11.1 Å². The Labute approximate surface area is 135 Å². The third-order valence-corrected chi connectivity index (χ3v) is 4.39. The number of hydrogen-bond acceptors (Lipinski definition) is 2. The summed E-state index contributed by atoms with van der Waals surface area (Å²) in [5.41, 5.74) is 6.21. The first-order valence-corrected chi connectivity index (χ1v) is 7.94. The maximum absolute atomic E-state index is 6.12. The Hall–Kier alpha value is -2.68. The first-order valence-electron chi connectivity index (χ1n) is 7.94. The molecule has 23 heavy (non-hydrogen) atoms. The van der Waals surface area contributed by atoms with Crippen molar-refractivity contribution in [3.05, 3.63) is 59.9 Å². The molecule has 0 saturated carbocycles. The summed E-state index contributed by atoms with van der Waals surface area (Å²) in [6.45, 7) is 6.50. The van der Waals surface area contributed by atoms with E-state index < -0.39 is 0 Å². The summed E-state index contributed by atoms with van der Waals surface area (Å²) < 4.78 is 6.12. The van der Waals surface area contributed by atoms with E-state index in [0.29, 0.717) is 5.92 Å². The Kier molecular flexibility index (Phi) is 3.15. The first-order chi connectivity index (χ1) is 11.1. The van der Waals surface area contributed by atoms with Gasteiger partial charge in [0.15, 0.2) is 11.8 Å². The van der Waals surface area contributed by atoms with Crippen LogP contribution in [0.4, 0.5) is 0 Å². The lowest BCUT2D eigenvalue weighted by Crippen LogP contribution is -1.98. The number of aryl methyl sites for hydroxylation is 1. The molecule has 0 saturated heterocycles. The van der Waals surface area contributed by atoms with Crippen LogP contribution in [0.2, 0.25) is 0 Å². The molecular weight excluding hydrogens is 284 g/mol. The minimum atomic E-state index is 0.472. The van der Waals surface area contributed by atoms with Gasteiger partial charge in [0.05, 0.1) is 11.1 Å². The van der Waals surface area contributed by atoms with Crippen LogP contribution in [-0.2, 0) is 0 Å². The molecular formula is C20H19N2O+. The van der Waals surface area contributed by atoms with Gasteiger partial charge in [0, 0.05) is 23.2 Å². The van der Waals surface area contributed by atoms with Crippen LogP contribution in [0.5, 0.6) is 0 Å². The van der Waals surface area contributed by atoms with Gasteiger partial charge in [0.25, 0.3) is 0 Å². The smallest absolute Gasteiger partial charge is 0.379 e. The lowest BCUT2D eigenvalue weighted by molar-refractivity contribution is -0.355. The average molecular weight is 303 g/mol. The molecule has 0 fully saturated rings. The van der Waals surface area contributed by atoms with Gasteiger partial charge in [0.2, 0.25) is 0 Å². The molecule has 3 nitrogen and oxygen atoms in total. The summed E-state index contributed by atoms with van der Waals surface area (Å²) in [6, 6.07) is 12.6. The topological polar surface area (TPSA) is 40.2 Å². The van der Waals surface area contributed by atoms with Gasteiger partial charge in [-0.15, -0.1) is 0 Å². The fourth-order valence-electron chi connectivity index (χ4n) is 3.08. The van der Waals surface area contributed by atoms with E-state index in [2.05, 4.69) is 61.1 Å². The lowest BCUT2D eigenvalue weighted by Gasteiger charge is -2.10. The fraction of sp³-hybridized carbons (Fsp3) is 0.200. The molecule has 3 heteroatoms. The number of fused-ring (bicyclic) bond motifs is 3. The van der Waals surface area contributed by atoms with Crippen molar-refractivity contribution in [1.82, 2.24) is 4.98 Å². The van der Waals surface area contributed by atoms with Crippen LogP contribution < -0.4 is 4.98 Å². The van der Waals surface area contributed by atoms with Crippen LogP contribution in [0.15, 0.2) is 53.2 Å². The third kappa shape index (κ3) is 2.20. The van der Waals surface area contributed by atoms with Crippen molar-refractivity contribution in [2.45, 2.75) is 26.7 Å². The number of aromatic nitrogens is 2. The number of furan rings is 1. The van der Waals surface area contributed by atoms with Crippen LogP contribution in [-0.4, -0.2) is 4.98 Å². The number of aromatic amines is 1. The van der Waals surface area contributed by atoms with Crippen molar-refractivity contribution in [3.63, 3.8) is 0 Å². The molecule has 0 spiro atoms. The molecule has 0 radical (unpaired) electrons. The second-order valence-electron chi connectivity index (χ2n) is 6.28. The minimum Gasteiger partial charge on any atom is -0.403 e. The largest absolute Gasteiger partial charge is 0.403 e. The van der Waals surface area contributed by atoms with Crippen LogP contribution in [0, 0.1) is 6.92 Å². The van der Waals surface area contributed by atoms with Crippen molar-refractivity contribution in [2.75, 3.05) is 0 Å². The molecule has 0 bridgehead atoms.